The van der Waals surface area contributed by atoms with Crippen molar-refractivity contribution in [2.24, 2.45) is 0 Å². The Labute approximate surface area is 87.8 Å². The molecule has 0 aliphatic heterocycles. The average Bonchev–Trinajstić information content (AvgIpc) is 2.23. The summed E-state index contributed by atoms with van der Waals surface area (Å²) in [5.41, 5.74) is 2.08. The van der Waals surface area contributed by atoms with E-state index in [1.54, 1.807) is 31.3 Å². The fourth-order valence-corrected chi connectivity index (χ4v) is 1.46. The molecule has 0 amide bonds. The maximum atomic E-state index is 13.5. The van der Waals surface area contributed by atoms with Gasteiger partial charge >= 0.3 is 0 Å². The van der Waals surface area contributed by atoms with Gasteiger partial charge in [-0.25, -0.2) is 14.4 Å². The Morgan fingerprint density at radius 2 is 1.87 bits per heavy atom. The second-order valence-electron chi connectivity index (χ2n) is 3.43. The van der Waals surface area contributed by atoms with Crippen LogP contribution >= 0.6 is 0 Å². The third-order valence-corrected chi connectivity index (χ3v) is 2.22. The topological polar surface area (TPSA) is 25.8 Å². The summed E-state index contributed by atoms with van der Waals surface area (Å²) in [7, 11) is 0. The quantitative estimate of drug-likeness (QED) is 0.710. The number of hydrogen-bond donors (Lipinski definition) is 0. The number of aryl methyl sites for hydroxylation is 2. The monoisotopic (exact) mass is 202 g/mol. The molecular formula is C12H11FN2. The predicted molar refractivity (Wildman–Crippen MR) is 56.9 cm³/mol. The summed E-state index contributed by atoms with van der Waals surface area (Å²) < 4.78 is 13.5. The van der Waals surface area contributed by atoms with Gasteiger partial charge in [-0.3, -0.25) is 0 Å². The summed E-state index contributed by atoms with van der Waals surface area (Å²) >= 11 is 0. The van der Waals surface area contributed by atoms with Gasteiger partial charge in [-0.1, -0.05) is 12.1 Å². The lowest BCUT2D eigenvalue weighted by atomic mass is 10.1. The normalized spacial score (nSPS) is 10.3. The van der Waals surface area contributed by atoms with E-state index in [2.05, 4.69) is 9.97 Å². The van der Waals surface area contributed by atoms with E-state index in [-0.39, 0.29) is 5.82 Å². The number of hydrogen-bond acceptors (Lipinski definition) is 2. The molecule has 0 saturated heterocycles. The van der Waals surface area contributed by atoms with Crippen molar-refractivity contribution in [3.05, 3.63) is 47.7 Å². The largest absolute Gasteiger partial charge is 0.241 e. The van der Waals surface area contributed by atoms with Crippen molar-refractivity contribution in [1.82, 2.24) is 9.97 Å². The molecule has 0 unspecified atom stereocenters. The van der Waals surface area contributed by atoms with Gasteiger partial charge in [0.25, 0.3) is 0 Å². The zero-order chi connectivity index (χ0) is 10.8. The van der Waals surface area contributed by atoms with Crippen molar-refractivity contribution in [3.63, 3.8) is 0 Å². The second kappa shape index (κ2) is 3.77. The molecule has 0 aliphatic rings. The number of rotatable bonds is 1. The Morgan fingerprint density at radius 3 is 2.60 bits per heavy atom. The van der Waals surface area contributed by atoms with Gasteiger partial charge in [0.15, 0.2) is 0 Å². The molecule has 3 heteroatoms. The lowest BCUT2D eigenvalue weighted by Crippen LogP contribution is -1.95. The van der Waals surface area contributed by atoms with Gasteiger partial charge in [0.05, 0.1) is 5.69 Å². The molecule has 1 aromatic carbocycles. The van der Waals surface area contributed by atoms with E-state index >= 15 is 0 Å². The summed E-state index contributed by atoms with van der Waals surface area (Å²) in [6.45, 7) is 3.67. The fraction of sp³-hybridized carbons (Fsp3) is 0.167. The molecule has 0 fully saturated rings. The second-order valence-corrected chi connectivity index (χ2v) is 3.43. The van der Waals surface area contributed by atoms with Gasteiger partial charge < -0.3 is 0 Å². The Balaban J connectivity index is 2.64. The molecule has 2 rings (SSSR count). The summed E-state index contributed by atoms with van der Waals surface area (Å²) in [6.07, 6.45) is 1.71. The van der Waals surface area contributed by atoms with Gasteiger partial charge in [-0.05, 0) is 31.5 Å². The smallest absolute Gasteiger partial charge is 0.132 e. The van der Waals surface area contributed by atoms with Crippen LogP contribution in [0.15, 0.2) is 30.5 Å². The number of halogens is 1. The Kier molecular flexibility index (Phi) is 2.46. The lowest BCUT2D eigenvalue weighted by Gasteiger charge is -2.06. The minimum absolute atomic E-state index is 0.251. The van der Waals surface area contributed by atoms with Crippen LogP contribution in [0.3, 0.4) is 0 Å². The third-order valence-electron chi connectivity index (χ3n) is 2.22. The van der Waals surface area contributed by atoms with Gasteiger partial charge in [-0.15, -0.1) is 0 Å². The SMILES string of the molecule is Cc1ncc(C)c(-c2ccccc2F)n1. The minimum atomic E-state index is -0.251. The predicted octanol–water partition coefficient (Wildman–Crippen LogP) is 2.90. The first-order chi connectivity index (χ1) is 7.18. The van der Waals surface area contributed by atoms with Gasteiger partial charge in [0.1, 0.15) is 11.6 Å². The molecule has 0 atom stereocenters. The van der Waals surface area contributed by atoms with Crippen LogP contribution in [0.1, 0.15) is 11.4 Å². The van der Waals surface area contributed by atoms with Crippen LogP contribution in [0.25, 0.3) is 11.3 Å². The van der Waals surface area contributed by atoms with E-state index in [9.17, 15) is 4.39 Å². The molecule has 1 aromatic heterocycles. The van der Waals surface area contributed by atoms with E-state index < -0.39 is 0 Å². The molecule has 0 spiro atoms. The molecule has 2 aromatic rings. The van der Waals surface area contributed by atoms with Crippen molar-refractivity contribution in [3.8, 4) is 11.3 Å². The molecule has 0 bridgehead atoms. The highest BCUT2D eigenvalue weighted by molar-refractivity contribution is 5.62. The minimum Gasteiger partial charge on any atom is -0.241 e. The molecule has 0 aliphatic carbocycles. The summed E-state index contributed by atoms with van der Waals surface area (Å²) in [5.74, 6) is 0.401. The van der Waals surface area contributed by atoms with Crippen LogP contribution in [0.5, 0.6) is 0 Å². The van der Waals surface area contributed by atoms with Crippen LogP contribution in [0.2, 0.25) is 0 Å². The highest BCUT2D eigenvalue weighted by atomic mass is 19.1. The zero-order valence-corrected chi connectivity index (χ0v) is 8.66. The van der Waals surface area contributed by atoms with E-state index in [4.69, 9.17) is 0 Å². The van der Waals surface area contributed by atoms with Crippen LogP contribution < -0.4 is 0 Å². The summed E-state index contributed by atoms with van der Waals surface area (Å²) in [6, 6.07) is 6.63. The van der Waals surface area contributed by atoms with Gasteiger partial charge in [0.2, 0.25) is 0 Å². The summed E-state index contributed by atoms with van der Waals surface area (Å²) in [4.78, 5) is 8.31. The maximum absolute atomic E-state index is 13.5. The molecule has 15 heavy (non-hydrogen) atoms. The molecule has 0 radical (unpaired) electrons. The van der Waals surface area contributed by atoms with E-state index in [0.29, 0.717) is 17.1 Å². The van der Waals surface area contributed by atoms with Gasteiger partial charge in [-0.2, -0.15) is 0 Å². The van der Waals surface area contributed by atoms with Crippen molar-refractivity contribution >= 4 is 0 Å². The molecule has 0 N–H and O–H groups in total. The molecule has 76 valence electrons. The first-order valence-corrected chi connectivity index (χ1v) is 4.73. The van der Waals surface area contributed by atoms with E-state index in [0.717, 1.165) is 5.56 Å². The van der Waals surface area contributed by atoms with Crippen molar-refractivity contribution in [2.75, 3.05) is 0 Å². The molecule has 2 nitrogen and oxygen atoms in total. The highest BCUT2D eigenvalue weighted by Gasteiger charge is 2.08. The number of benzene rings is 1. The molecule has 0 saturated carbocycles. The number of aromatic nitrogens is 2. The molecule has 1 heterocycles. The van der Waals surface area contributed by atoms with Crippen molar-refractivity contribution in [2.45, 2.75) is 13.8 Å². The first kappa shape index (κ1) is 9.77. The first-order valence-electron chi connectivity index (χ1n) is 4.73. The number of nitrogens with zero attached hydrogens (tertiary/aromatic N) is 2. The maximum Gasteiger partial charge on any atom is 0.132 e. The summed E-state index contributed by atoms with van der Waals surface area (Å²) in [5, 5.41) is 0. The van der Waals surface area contributed by atoms with Crippen LogP contribution in [0, 0.1) is 19.7 Å². The molecular weight excluding hydrogens is 191 g/mol. The lowest BCUT2D eigenvalue weighted by molar-refractivity contribution is 0.630. The van der Waals surface area contributed by atoms with Crippen LogP contribution in [-0.2, 0) is 0 Å². The highest BCUT2D eigenvalue weighted by Crippen LogP contribution is 2.23. The Morgan fingerprint density at radius 1 is 1.13 bits per heavy atom. The van der Waals surface area contributed by atoms with E-state index in [1.165, 1.54) is 6.07 Å². The van der Waals surface area contributed by atoms with Gasteiger partial charge in [0, 0.05) is 11.8 Å². The third kappa shape index (κ3) is 1.86. The van der Waals surface area contributed by atoms with Crippen LogP contribution in [0.4, 0.5) is 4.39 Å². The van der Waals surface area contributed by atoms with E-state index in [1.807, 2.05) is 6.92 Å². The Hall–Kier alpha value is -1.77. The standard InChI is InChI=1S/C12H11FN2/c1-8-7-14-9(2)15-12(8)10-5-3-4-6-11(10)13/h3-7H,1-2H3. The van der Waals surface area contributed by atoms with Crippen molar-refractivity contribution in [1.29, 1.82) is 0 Å². The average molecular weight is 202 g/mol. The van der Waals surface area contributed by atoms with Crippen LogP contribution in [-0.4, -0.2) is 9.97 Å². The Bertz CT molecular complexity index is 495. The van der Waals surface area contributed by atoms with Crippen molar-refractivity contribution < 1.29 is 4.39 Å². The fourth-order valence-electron chi connectivity index (χ4n) is 1.46. The zero-order valence-electron chi connectivity index (χ0n) is 8.66.